The van der Waals surface area contributed by atoms with Gasteiger partial charge in [-0.2, -0.15) is 0 Å². The third kappa shape index (κ3) is 5.47. The van der Waals surface area contributed by atoms with E-state index in [-0.39, 0.29) is 5.92 Å². The van der Waals surface area contributed by atoms with E-state index in [1.807, 2.05) is 13.8 Å². The standard InChI is InChI=1S/C15H28N4O2/c1-6-16-14-11(4)15(19-13(18-14)10(2)3)17-8-7-12(20)9-21-5/h10,12,20H,6-9H2,1-5H3,(H2,16,17,18,19). The van der Waals surface area contributed by atoms with Crippen molar-refractivity contribution >= 4 is 11.6 Å². The van der Waals surface area contributed by atoms with Crippen LogP contribution in [0.3, 0.4) is 0 Å². The molecule has 0 fully saturated rings. The lowest BCUT2D eigenvalue weighted by molar-refractivity contribution is 0.0615. The Hall–Kier alpha value is -1.40. The Balaban J connectivity index is 2.79. The molecular formula is C15H28N4O2. The molecule has 1 atom stereocenters. The Labute approximate surface area is 127 Å². The van der Waals surface area contributed by atoms with E-state index in [9.17, 15) is 5.11 Å². The second kappa shape index (κ2) is 8.79. The first-order chi connectivity index (χ1) is 9.99. The van der Waals surface area contributed by atoms with Gasteiger partial charge in [-0.1, -0.05) is 13.8 Å². The van der Waals surface area contributed by atoms with Crippen molar-refractivity contribution in [3.63, 3.8) is 0 Å². The number of aliphatic hydroxyl groups excluding tert-OH is 1. The molecule has 1 aromatic heterocycles. The molecule has 0 bridgehead atoms. The van der Waals surface area contributed by atoms with Crippen LogP contribution in [0.1, 0.15) is 44.5 Å². The molecule has 1 aromatic rings. The Kier molecular flexibility index (Phi) is 7.39. The molecule has 21 heavy (non-hydrogen) atoms. The van der Waals surface area contributed by atoms with Crippen molar-refractivity contribution in [3.05, 3.63) is 11.4 Å². The number of aliphatic hydroxyl groups is 1. The normalized spacial score (nSPS) is 12.5. The Morgan fingerprint density at radius 2 is 1.81 bits per heavy atom. The summed E-state index contributed by atoms with van der Waals surface area (Å²) in [7, 11) is 1.59. The van der Waals surface area contributed by atoms with Crippen LogP contribution in [0.25, 0.3) is 0 Å². The molecule has 3 N–H and O–H groups in total. The van der Waals surface area contributed by atoms with Gasteiger partial charge in [-0.05, 0) is 20.3 Å². The molecule has 0 saturated heterocycles. The van der Waals surface area contributed by atoms with Crippen molar-refractivity contribution in [1.82, 2.24) is 9.97 Å². The second-order valence-electron chi connectivity index (χ2n) is 5.41. The zero-order chi connectivity index (χ0) is 15.8. The molecule has 0 saturated carbocycles. The molecular weight excluding hydrogens is 268 g/mol. The van der Waals surface area contributed by atoms with E-state index in [4.69, 9.17) is 4.74 Å². The largest absolute Gasteiger partial charge is 0.391 e. The molecule has 0 radical (unpaired) electrons. The van der Waals surface area contributed by atoms with Gasteiger partial charge in [0.1, 0.15) is 17.5 Å². The number of rotatable bonds is 9. The first kappa shape index (κ1) is 17.7. The van der Waals surface area contributed by atoms with Crippen molar-refractivity contribution in [3.8, 4) is 0 Å². The smallest absolute Gasteiger partial charge is 0.135 e. The molecule has 0 aliphatic rings. The van der Waals surface area contributed by atoms with Gasteiger partial charge in [0.25, 0.3) is 0 Å². The summed E-state index contributed by atoms with van der Waals surface area (Å²) in [6, 6.07) is 0. The molecule has 1 unspecified atom stereocenters. The van der Waals surface area contributed by atoms with Crippen LogP contribution in [0.5, 0.6) is 0 Å². The first-order valence-electron chi connectivity index (χ1n) is 7.52. The zero-order valence-corrected chi connectivity index (χ0v) is 13.7. The molecule has 1 rings (SSSR count). The predicted octanol–water partition coefficient (Wildman–Crippen LogP) is 2.15. The average Bonchev–Trinajstić information content (AvgIpc) is 2.43. The van der Waals surface area contributed by atoms with Gasteiger partial charge < -0.3 is 20.5 Å². The summed E-state index contributed by atoms with van der Waals surface area (Å²) in [5, 5.41) is 16.2. The first-order valence-corrected chi connectivity index (χ1v) is 7.52. The van der Waals surface area contributed by atoms with Crippen LogP contribution < -0.4 is 10.6 Å². The molecule has 0 aliphatic carbocycles. The molecule has 0 spiro atoms. The van der Waals surface area contributed by atoms with E-state index in [0.717, 1.165) is 29.6 Å². The fourth-order valence-electron chi connectivity index (χ4n) is 1.94. The summed E-state index contributed by atoms with van der Waals surface area (Å²) >= 11 is 0. The minimum absolute atomic E-state index is 0.266. The Morgan fingerprint density at radius 3 is 2.33 bits per heavy atom. The van der Waals surface area contributed by atoms with Gasteiger partial charge in [-0.15, -0.1) is 0 Å². The van der Waals surface area contributed by atoms with E-state index < -0.39 is 6.10 Å². The highest BCUT2D eigenvalue weighted by atomic mass is 16.5. The third-order valence-electron chi connectivity index (χ3n) is 3.15. The number of hydrogen-bond acceptors (Lipinski definition) is 6. The number of ether oxygens (including phenoxy) is 1. The number of nitrogens with zero attached hydrogens (tertiary/aromatic N) is 2. The summed E-state index contributed by atoms with van der Waals surface area (Å²) in [6.45, 7) is 10.0. The van der Waals surface area contributed by atoms with E-state index in [0.29, 0.717) is 19.6 Å². The van der Waals surface area contributed by atoms with Crippen LogP contribution in [-0.4, -0.2) is 48.0 Å². The number of methoxy groups -OCH3 is 1. The molecule has 0 amide bonds. The topological polar surface area (TPSA) is 79.3 Å². The van der Waals surface area contributed by atoms with Gasteiger partial charge >= 0.3 is 0 Å². The van der Waals surface area contributed by atoms with Crippen LogP contribution >= 0.6 is 0 Å². The number of nitrogens with one attached hydrogen (secondary N) is 2. The van der Waals surface area contributed by atoms with E-state index in [2.05, 4.69) is 34.4 Å². The summed E-state index contributed by atoms with van der Waals surface area (Å²) in [5.74, 6) is 2.78. The second-order valence-corrected chi connectivity index (χ2v) is 5.41. The monoisotopic (exact) mass is 296 g/mol. The Bertz CT molecular complexity index is 438. The average molecular weight is 296 g/mol. The van der Waals surface area contributed by atoms with Crippen LogP contribution in [0.4, 0.5) is 11.6 Å². The number of hydrogen-bond donors (Lipinski definition) is 3. The fourth-order valence-corrected chi connectivity index (χ4v) is 1.94. The highest BCUT2D eigenvalue weighted by Crippen LogP contribution is 2.23. The Morgan fingerprint density at radius 1 is 1.19 bits per heavy atom. The van der Waals surface area contributed by atoms with Gasteiger partial charge in [0.05, 0.1) is 12.7 Å². The molecule has 1 heterocycles. The van der Waals surface area contributed by atoms with Crippen LogP contribution in [0.15, 0.2) is 0 Å². The minimum atomic E-state index is -0.456. The third-order valence-corrected chi connectivity index (χ3v) is 3.15. The molecule has 0 aromatic carbocycles. The quantitative estimate of drug-likeness (QED) is 0.648. The lowest BCUT2D eigenvalue weighted by Crippen LogP contribution is -2.19. The predicted molar refractivity (Wildman–Crippen MR) is 86.0 cm³/mol. The zero-order valence-electron chi connectivity index (χ0n) is 13.7. The van der Waals surface area contributed by atoms with Crippen molar-refractivity contribution in [2.75, 3.05) is 37.4 Å². The van der Waals surface area contributed by atoms with Gasteiger partial charge in [0.2, 0.25) is 0 Å². The number of aromatic nitrogens is 2. The van der Waals surface area contributed by atoms with Crippen molar-refractivity contribution in [1.29, 1.82) is 0 Å². The van der Waals surface area contributed by atoms with Gasteiger partial charge in [0, 0.05) is 31.7 Å². The maximum absolute atomic E-state index is 9.67. The molecule has 120 valence electrons. The fraction of sp³-hybridized carbons (Fsp3) is 0.733. The lowest BCUT2D eigenvalue weighted by atomic mass is 10.2. The van der Waals surface area contributed by atoms with Crippen LogP contribution in [0.2, 0.25) is 0 Å². The van der Waals surface area contributed by atoms with Crippen molar-refractivity contribution < 1.29 is 9.84 Å². The molecule has 6 nitrogen and oxygen atoms in total. The van der Waals surface area contributed by atoms with E-state index in [1.165, 1.54) is 0 Å². The molecule has 0 aliphatic heterocycles. The van der Waals surface area contributed by atoms with Crippen LogP contribution in [-0.2, 0) is 4.74 Å². The summed E-state index contributed by atoms with van der Waals surface area (Å²) in [5.41, 5.74) is 1.00. The summed E-state index contributed by atoms with van der Waals surface area (Å²) in [6.07, 6.45) is 0.160. The molecule has 6 heteroatoms. The minimum Gasteiger partial charge on any atom is -0.391 e. The van der Waals surface area contributed by atoms with Crippen LogP contribution in [0, 0.1) is 6.92 Å². The summed E-state index contributed by atoms with van der Waals surface area (Å²) < 4.78 is 4.92. The van der Waals surface area contributed by atoms with E-state index >= 15 is 0 Å². The van der Waals surface area contributed by atoms with Crippen molar-refractivity contribution in [2.24, 2.45) is 0 Å². The maximum atomic E-state index is 9.67. The highest BCUT2D eigenvalue weighted by Gasteiger charge is 2.13. The number of anilines is 2. The van der Waals surface area contributed by atoms with Crippen molar-refractivity contribution in [2.45, 2.75) is 46.1 Å². The lowest BCUT2D eigenvalue weighted by Gasteiger charge is -2.16. The van der Waals surface area contributed by atoms with Gasteiger partial charge in [-0.25, -0.2) is 9.97 Å². The van der Waals surface area contributed by atoms with E-state index in [1.54, 1.807) is 7.11 Å². The maximum Gasteiger partial charge on any atom is 0.135 e. The SMILES string of the molecule is CCNc1nc(C(C)C)nc(NCCC(O)COC)c1C. The van der Waals surface area contributed by atoms with Gasteiger partial charge in [-0.3, -0.25) is 0 Å². The van der Waals surface area contributed by atoms with Gasteiger partial charge in [0.15, 0.2) is 0 Å². The highest BCUT2D eigenvalue weighted by molar-refractivity contribution is 5.57. The summed E-state index contributed by atoms with van der Waals surface area (Å²) in [4.78, 5) is 9.15.